The first-order valence-corrected chi connectivity index (χ1v) is 7.97. The molecule has 1 heterocycles. The van der Waals surface area contributed by atoms with Gasteiger partial charge in [0.25, 0.3) is 11.6 Å². The summed E-state index contributed by atoms with van der Waals surface area (Å²) in [5.74, 6) is -2.40. The third-order valence-corrected chi connectivity index (χ3v) is 3.74. The minimum atomic E-state index is -4.97. The number of benzene rings is 1. The number of halogens is 3. The number of nitro benzene ring substituents is 1. The largest absolute Gasteiger partial charge is 0.448 e. The number of non-ortho nitro benzene ring substituents is 1. The quantitative estimate of drug-likeness (QED) is 0.323. The number of ether oxygens (including phenoxy) is 1. The van der Waals surface area contributed by atoms with Crippen molar-refractivity contribution in [3.05, 3.63) is 57.4 Å². The number of hydrogen-bond acceptors (Lipinski definition) is 6. The molecule has 0 saturated carbocycles. The molecule has 9 nitrogen and oxygen atoms in total. The van der Waals surface area contributed by atoms with E-state index >= 15 is 0 Å². The SMILES string of the molecule is CC(=O)c1c[nH]c(C(=O)O[C@H](C)C(=O)Nc2ccc([N+](=O)[O-])cc2C(F)(F)F)c1. The summed E-state index contributed by atoms with van der Waals surface area (Å²) in [6, 6.07) is 3.02. The maximum Gasteiger partial charge on any atom is 0.418 e. The summed E-state index contributed by atoms with van der Waals surface area (Å²) in [5.41, 5.74) is -2.87. The molecule has 1 aromatic heterocycles. The number of ketones is 1. The maximum absolute atomic E-state index is 13.2. The molecule has 0 spiro atoms. The van der Waals surface area contributed by atoms with E-state index in [0.717, 1.165) is 19.1 Å². The number of hydrogen-bond donors (Lipinski definition) is 2. The Balaban J connectivity index is 2.15. The van der Waals surface area contributed by atoms with Gasteiger partial charge in [-0.15, -0.1) is 0 Å². The summed E-state index contributed by atoms with van der Waals surface area (Å²) >= 11 is 0. The molecule has 154 valence electrons. The van der Waals surface area contributed by atoms with E-state index in [1.807, 2.05) is 5.32 Å². The van der Waals surface area contributed by atoms with Crippen LogP contribution >= 0.6 is 0 Å². The number of Topliss-reactive ketones (excluding diaryl/α,β-unsaturated/α-hetero) is 1. The van der Waals surface area contributed by atoms with Gasteiger partial charge in [0.05, 0.1) is 16.2 Å². The Bertz CT molecular complexity index is 983. The molecule has 0 radical (unpaired) electrons. The van der Waals surface area contributed by atoms with Crippen LogP contribution in [0.3, 0.4) is 0 Å². The van der Waals surface area contributed by atoms with E-state index in [9.17, 15) is 37.7 Å². The number of amides is 1. The summed E-state index contributed by atoms with van der Waals surface area (Å²) < 4.78 is 44.3. The molecule has 2 aromatic rings. The second-order valence-electron chi connectivity index (χ2n) is 5.88. The highest BCUT2D eigenvalue weighted by molar-refractivity contribution is 5.99. The number of anilines is 1. The zero-order chi connectivity index (χ0) is 21.9. The molecule has 1 amide bonds. The normalized spacial score (nSPS) is 12.2. The average Bonchev–Trinajstić information content (AvgIpc) is 3.11. The minimum Gasteiger partial charge on any atom is -0.448 e. The number of nitrogens with one attached hydrogen (secondary N) is 2. The molecule has 2 N–H and O–H groups in total. The van der Waals surface area contributed by atoms with E-state index in [1.54, 1.807) is 0 Å². The Hall–Kier alpha value is -3.70. The van der Waals surface area contributed by atoms with Crippen LogP contribution in [0.5, 0.6) is 0 Å². The highest BCUT2D eigenvalue weighted by Crippen LogP contribution is 2.37. The van der Waals surface area contributed by atoms with Gasteiger partial charge in [-0.25, -0.2) is 4.79 Å². The topological polar surface area (TPSA) is 131 Å². The van der Waals surface area contributed by atoms with Gasteiger partial charge in [-0.3, -0.25) is 19.7 Å². The number of esters is 1. The third kappa shape index (κ3) is 5.18. The van der Waals surface area contributed by atoms with Gasteiger partial charge >= 0.3 is 12.1 Å². The molecule has 0 bridgehead atoms. The van der Waals surface area contributed by atoms with Crippen molar-refractivity contribution >= 4 is 29.0 Å². The Morgan fingerprint density at radius 1 is 1.24 bits per heavy atom. The molecule has 0 fully saturated rings. The number of rotatable bonds is 6. The lowest BCUT2D eigenvalue weighted by Crippen LogP contribution is -2.31. The number of alkyl halides is 3. The third-order valence-electron chi connectivity index (χ3n) is 3.74. The summed E-state index contributed by atoms with van der Waals surface area (Å²) in [6.45, 7) is 2.40. The van der Waals surface area contributed by atoms with Crippen LogP contribution in [0.25, 0.3) is 0 Å². The van der Waals surface area contributed by atoms with Crippen molar-refractivity contribution in [3.63, 3.8) is 0 Å². The van der Waals surface area contributed by atoms with Gasteiger partial charge in [0.2, 0.25) is 0 Å². The Morgan fingerprint density at radius 2 is 1.90 bits per heavy atom. The van der Waals surface area contributed by atoms with Crippen molar-refractivity contribution in [2.24, 2.45) is 0 Å². The first-order valence-electron chi connectivity index (χ1n) is 7.97. The van der Waals surface area contributed by atoms with Gasteiger partial charge in [0.15, 0.2) is 11.9 Å². The first-order chi connectivity index (χ1) is 13.4. The first kappa shape index (κ1) is 21.6. The predicted octanol–water partition coefficient (Wildman–Crippen LogP) is 3.33. The fraction of sp³-hybridized carbons (Fsp3) is 0.235. The average molecular weight is 413 g/mol. The molecular weight excluding hydrogens is 399 g/mol. The number of aromatic amines is 1. The number of carbonyl (C=O) groups is 3. The Morgan fingerprint density at radius 3 is 2.41 bits per heavy atom. The van der Waals surface area contributed by atoms with Crippen LogP contribution in [0.2, 0.25) is 0 Å². The van der Waals surface area contributed by atoms with Crippen LogP contribution in [0.1, 0.15) is 40.3 Å². The highest BCUT2D eigenvalue weighted by atomic mass is 19.4. The van der Waals surface area contributed by atoms with Crippen molar-refractivity contribution in [2.45, 2.75) is 26.1 Å². The molecule has 29 heavy (non-hydrogen) atoms. The van der Waals surface area contributed by atoms with Crippen LogP contribution in [-0.2, 0) is 15.7 Å². The highest BCUT2D eigenvalue weighted by Gasteiger charge is 2.36. The van der Waals surface area contributed by atoms with E-state index < -0.39 is 46.0 Å². The number of nitrogens with zero attached hydrogens (tertiary/aromatic N) is 1. The standard InChI is InChI=1S/C17H14F3N3O6/c1-8(24)10-5-14(21-7-10)16(26)29-9(2)15(25)22-13-4-3-11(23(27)28)6-12(13)17(18,19)20/h3-7,9,21H,1-2H3,(H,22,25)/t9-/m1/s1. The molecule has 0 unspecified atom stereocenters. The van der Waals surface area contributed by atoms with Crippen LogP contribution in [0.15, 0.2) is 30.5 Å². The van der Waals surface area contributed by atoms with Crippen molar-refractivity contribution < 1.29 is 37.2 Å². The molecule has 1 atom stereocenters. The fourth-order valence-corrected chi connectivity index (χ4v) is 2.22. The van der Waals surface area contributed by atoms with Crippen LogP contribution in [0.4, 0.5) is 24.5 Å². The maximum atomic E-state index is 13.2. The van der Waals surface area contributed by atoms with E-state index in [2.05, 4.69) is 4.98 Å². The van der Waals surface area contributed by atoms with Crippen molar-refractivity contribution in [1.29, 1.82) is 0 Å². The number of aromatic nitrogens is 1. The van der Waals surface area contributed by atoms with Crippen LogP contribution in [-0.4, -0.2) is 33.7 Å². The summed E-state index contributed by atoms with van der Waals surface area (Å²) in [7, 11) is 0. The Labute approximate surface area is 161 Å². The van der Waals surface area contributed by atoms with E-state index in [1.165, 1.54) is 19.2 Å². The molecule has 0 aliphatic heterocycles. The van der Waals surface area contributed by atoms with E-state index in [0.29, 0.717) is 0 Å². The lowest BCUT2D eigenvalue weighted by atomic mass is 10.1. The van der Waals surface area contributed by atoms with Gasteiger partial charge in [-0.2, -0.15) is 13.2 Å². The number of H-pyrrole nitrogens is 1. The summed E-state index contributed by atoms with van der Waals surface area (Å²) in [4.78, 5) is 47.5. The van der Waals surface area contributed by atoms with Gasteiger partial charge < -0.3 is 15.0 Å². The molecule has 1 aromatic carbocycles. The van der Waals surface area contributed by atoms with Crippen molar-refractivity contribution in [2.75, 3.05) is 5.32 Å². The van der Waals surface area contributed by atoms with Crippen molar-refractivity contribution in [1.82, 2.24) is 4.98 Å². The zero-order valence-electron chi connectivity index (χ0n) is 15.0. The van der Waals surface area contributed by atoms with Gasteiger partial charge in [0.1, 0.15) is 5.69 Å². The fourth-order valence-electron chi connectivity index (χ4n) is 2.22. The Kier molecular flexibility index (Phi) is 6.05. The molecule has 0 aliphatic carbocycles. The molecular formula is C17H14F3N3O6. The molecule has 12 heteroatoms. The zero-order valence-corrected chi connectivity index (χ0v) is 15.0. The number of nitro groups is 1. The van der Waals surface area contributed by atoms with Gasteiger partial charge in [0, 0.05) is 23.9 Å². The second-order valence-corrected chi connectivity index (χ2v) is 5.88. The monoisotopic (exact) mass is 413 g/mol. The number of carbonyl (C=O) groups excluding carboxylic acids is 3. The van der Waals surface area contributed by atoms with Crippen LogP contribution < -0.4 is 5.32 Å². The van der Waals surface area contributed by atoms with E-state index in [4.69, 9.17) is 4.74 Å². The van der Waals surface area contributed by atoms with Gasteiger partial charge in [-0.1, -0.05) is 0 Å². The summed E-state index contributed by atoms with van der Waals surface area (Å²) in [6.07, 6.45) is -5.21. The smallest absolute Gasteiger partial charge is 0.418 e. The summed E-state index contributed by atoms with van der Waals surface area (Å²) in [5, 5.41) is 12.6. The van der Waals surface area contributed by atoms with Crippen molar-refractivity contribution in [3.8, 4) is 0 Å². The van der Waals surface area contributed by atoms with Gasteiger partial charge in [-0.05, 0) is 26.0 Å². The van der Waals surface area contributed by atoms with Crippen LogP contribution in [0, 0.1) is 10.1 Å². The molecule has 2 rings (SSSR count). The lowest BCUT2D eigenvalue weighted by Gasteiger charge is -2.16. The lowest BCUT2D eigenvalue weighted by molar-refractivity contribution is -0.385. The molecule has 0 saturated heterocycles. The predicted molar refractivity (Wildman–Crippen MR) is 92.4 cm³/mol. The second kappa shape index (κ2) is 8.12. The minimum absolute atomic E-state index is 0.124. The molecule has 0 aliphatic rings. The van der Waals surface area contributed by atoms with E-state index in [-0.39, 0.29) is 23.1 Å².